The van der Waals surface area contributed by atoms with Gasteiger partial charge in [0.05, 0.1) is 16.1 Å². The number of anilines is 3. The molecule has 0 saturated heterocycles. The highest BCUT2D eigenvalue weighted by Crippen LogP contribution is 2.51. The summed E-state index contributed by atoms with van der Waals surface area (Å²) in [5, 5.41) is 4.78. The van der Waals surface area contributed by atoms with Crippen molar-refractivity contribution in [3.8, 4) is 44.5 Å². The summed E-state index contributed by atoms with van der Waals surface area (Å²) < 4.78 is 9.11. The number of fused-ring (bicyclic) bond motifs is 6. The third-order valence-electron chi connectivity index (χ3n) is 11.1. The van der Waals surface area contributed by atoms with E-state index in [2.05, 4.69) is 211 Å². The lowest BCUT2D eigenvalue weighted by atomic mass is 9.87. The van der Waals surface area contributed by atoms with Crippen LogP contribution in [0.4, 0.5) is 17.1 Å². The fourth-order valence-corrected chi connectivity index (χ4v) is 9.75. The van der Waals surface area contributed by atoms with Gasteiger partial charge in [0.25, 0.3) is 0 Å². The molecule has 0 spiro atoms. The molecular weight excluding hydrogens is 711 g/mol. The minimum absolute atomic E-state index is 0.897. The maximum atomic E-state index is 6.58. The standard InChI is InChI=1S/C54H35NOS/c1-3-17-36(18-4-1)40-23-7-8-26-45(40)52-41(37-19-5-2-6-20-37)27-15-31-48(52)55(49-32-16-30-47-44-25-10-12-34-51(44)57-54(47)49)39-22-13-21-38(35-39)42-28-14-29-46-43-24-9-11-33-50(43)56-53(42)46/h1-35H. The van der Waals surface area contributed by atoms with Gasteiger partial charge < -0.3 is 9.32 Å². The summed E-state index contributed by atoms with van der Waals surface area (Å²) in [6.07, 6.45) is 0. The van der Waals surface area contributed by atoms with Gasteiger partial charge in [-0.15, -0.1) is 11.3 Å². The zero-order chi connectivity index (χ0) is 37.7. The molecule has 0 amide bonds. The molecule has 11 aromatic rings. The van der Waals surface area contributed by atoms with E-state index in [1.165, 1.54) is 53.6 Å². The van der Waals surface area contributed by atoms with Crippen molar-refractivity contribution in [1.29, 1.82) is 0 Å². The van der Waals surface area contributed by atoms with Crippen LogP contribution in [0.15, 0.2) is 217 Å². The van der Waals surface area contributed by atoms with Crippen molar-refractivity contribution >= 4 is 70.5 Å². The third kappa shape index (κ3) is 5.63. The molecule has 0 saturated carbocycles. The lowest BCUT2D eigenvalue weighted by Crippen LogP contribution is -2.12. The lowest BCUT2D eigenvalue weighted by molar-refractivity contribution is 0.670. The van der Waals surface area contributed by atoms with Crippen molar-refractivity contribution in [1.82, 2.24) is 0 Å². The molecule has 268 valence electrons. The van der Waals surface area contributed by atoms with Crippen molar-refractivity contribution in [3.05, 3.63) is 212 Å². The van der Waals surface area contributed by atoms with E-state index in [0.29, 0.717) is 0 Å². The molecule has 0 aliphatic rings. The number of hydrogen-bond donors (Lipinski definition) is 0. The minimum atomic E-state index is 0.897. The second kappa shape index (κ2) is 13.8. The van der Waals surface area contributed by atoms with Gasteiger partial charge in [-0.05, 0) is 69.8 Å². The first-order valence-corrected chi connectivity index (χ1v) is 20.2. The van der Waals surface area contributed by atoms with Gasteiger partial charge in [0.15, 0.2) is 0 Å². The number of nitrogens with zero attached hydrogens (tertiary/aromatic N) is 1. The van der Waals surface area contributed by atoms with Crippen LogP contribution in [-0.4, -0.2) is 0 Å². The minimum Gasteiger partial charge on any atom is -0.455 e. The van der Waals surface area contributed by atoms with Gasteiger partial charge >= 0.3 is 0 Å². The number of furan rings is 1. The van der Waals surface area contributed by atoms with Gasteiger partial charge in [0.2, 0.25) is 0 Å². The highest BCUT2D eigenvalue weighted by atomic mass is 32.1. The number of hydrogen-bond acceptors (Lipinski definition) is 3. The first-order valence-electron chi connectivity index (χ1n) is 19.3. The fourth-order valence-electron chi connectivity index (χ4n) is 8.54. The summed E-state index contributed by atoms with van der Waals surface area (Å²) in [6, 6.07) is 76.4. The summed E-state index contributed by atoms with van der Waals surface area (Å²) >= 11 is 1.86. The van der Waals surface area contributed by atoms with Crippen molar-refractivity contribution in [2.75, 3.05) is 4.90 Å². The van der Waals surface area contributed by atoms with Crippen molar-refractivity contribution in [3.63, 3.8) is 0 Å². The molecule has 0 fully saturated rings. The first kappa shape index (κ1) is 33.2. The van der Waals surface area contributed by atoms with E-state index < -0.39 is 0 Å². The molecular formula is C54H35NOS. The molecule has 3 heteroatoms. The molecule has 0 unspecified atom stereocenters. The Balaban J connectivity index is 1.22. The Morgan fingerprint density at radius 2 is 0.930 bits per heavy atom. The molecule has 2 aromatic heterocycles. The molecule has 0 aliphatic carbocycles. The van der Waals surface area contributed by atoms with Crippen LogP contribution >= 0.6 is 11.3 Å². The van der Waals surface area contributed by atoms with Gasteiger partial charge in [-0.3, -0.25) is 0 Å². The Labute approximate surface area is 335 Å². The summed E-state index contributed by atoms with van der Waals surface area (Å²) in [5.41, 5.74) is 14.3. The smallest absolute Gasteiger partial charge is 0.143 e. The highest BCUT2D eigenvalue weighted by Gasteiger charge is 2.25. The average Bonchev–Trinajstić information content (AvgIpc) is 3.86. The van der Waals surface area contributed by atoms with Gasteiger partial charge in [-0.1, -0.05) is 176 Å². The van der Waals surface area contributed by atoms with Crippen LogP contribution in [0.1, 0.15) is 0 Å². The van der Waals surface area contributed by atoms with Crippen molar-refractivity contribution in [2.45, 2.75) is 0 Å². The number of para-hydroxylation sites is 2. The second-order valence-electron chi connectivity index (χ2n) is 14.4. The van der Waals surface area contributed by atoms with Crippen LogP contribution in [0.2, 0.25) is 0 Å². The summed E-state index contributed by atoms with van der Waals surface area (Å²) in [5.74, 6) is 0. The Kier molecular flexibility index (Phi) is 8.04. The van der Waals surface area contributed by atoms with Gasteiger partial charge in [-0.2, -0.15) is 0 Å². The highest BCUT2D eigenvalue weighted by molar-refractivity contribution is 7.26. The molecule has 9 aromatic carbocycles. The lowest BCUT2D eigenvalue weighted by Gasteiger charge is -2.30. The summed E-state index contributed by atoms with van der Waals surface area (Å²) in [6.45, 7) is 0. The molecule has 2 heterocycles. The van der Waals surface area contributed by atoms with E-state index in [1.54, 1.807) is 0 Å². The SMILES string of the molecule is c1ccc(-c2ccccc2-c2c(-c3ccccc3)cccc2N(c2cccc(-c3cccc4c3oc3ccccc34)c2)c2cccc3c2sc2ccccc23)cc1. The zero-order valence-electron chi connectivity index (χ0n) is 31.0. The van der Waals surface area contributed by atoms with Crippen LogP contribution in [0.25, 0.3) is 86.6 Å². The van der Waals surface area contributed by atoms with E-state index in [1.807, 2.05) is 17.4 Å². The predicted octanol–water partition coefficient (Wildman–Crippen LogP) is 16.1. The van der Waals surface area contributed by atoms with Crippen LogP contribution in [0.5, 0.6) is 0 Å². The molecule has 0 radical (unpaired) electrons. The number of benzene rings is 9. The van der Waals surface area contributed by atoms with E-state index >= 15 is 0 Å². The maximum absolute atomic E-state index is 6.58. The fraction of sp³-hybridized carbons (Fsp3) is 0. The van der Waals surface area contributed by atoms with E-state index in [9.17, 15) is 0 Å². The average molecular weight is 746 g/mol. The van der Waals surface area contributed by atoms with Crippen LogP contribution in [0.3, 0.4) is 0 Å². The zero-order valence-corrected chi connectivity index (χ0v) is 31.8. The normalized spacial score (nSPS) is 11.5. The predicted molar refractivity (Wildman–Crippen MR) is 243 cm³/mol. The molecule has 11 rings (SSSR count). The Morgan fingerprint density at radius 3 is 1.77 bits per heavy atom. The molecule has 0 bridgehead atoms. The Bertz CT molecular complexity index is 3250. The summed E-state index contributed by atoms with van der Waals surface area (Å²) in [7, 11) is 0. The van der Waals surface area contributed by atoms with Gasteiger partial charge in [-0.25, -0.2) is 0 Å². The van der Waals surface area contributed by atoms with E-state index in [0.717, 1.165) is 50.1 Å². The second-order valence-corrected chi connectivity index (χ2v) is 15.4. The van der Waals surface area contributed by atoms with Gasteiger partial charge in [0.1, 0.15) is 11.2 Å². The maximum Gasteiger partial charge on any atom is 0.143 e. The Hall–Kier alpha value is -7.20. The van der Waals surface area contributed by atoms with Crippen molar-refractivity contribution < 1.29 is 4.42 Å². The van der Waals surface area contributed by atoms with Crippen LogP contribution in [-0.2, 0) is 0 Å². The topological polar surface area (TPSA) is 16.4 Å². The number of rotatable bonds is 7. The third-order valence-corrected chi connectivity index (χ3v) is 12.3. The monoisotopic (exact) mass is 745 g/mol. The van der Waals surface area contributed by atoms with Gasteiger partial charge in [0, 0.05) is 43.1 Å². The molecule has 0 atom stereocenters. The van der Waals surface area contributed by atoms with E-state index in [-0.39, 0.29) is 0 Å². The van der Waals surface area contributed by atoms with Crippen molar-refractivity contribution in [2.24, 2.45) is 0 Å². The van der Waals surface area contributed by atoms with Crippen LogP contribution < -0.4 is 4.90 Å². The molecule has 0 aliphatic heterocycles. The largest absolute Gasteiger partial charge is 0.455 e. The molecule has 57 heavy (non-hydrogen) atoms. The summed E-state index contributed by atoms with van der Waals surface area (Å²) in [4.78, 5) is 2.49. The van der Waals surface area contributed by atoms with E-state index in [4.69, 9.17) is 4.42 Å². The Morgan fingerprint density at radius 1 is 0.368 bits per heavy atom. The molecule has 0 N–H and O–H groups in total. The quantitative estimate of drug-likeness (QED) is 0.162. The molecule has 2 nitrogen and oxygen atoms in total. The number of thiophene rings is 1. The van der Waals surface area contributed by atoms with Crippen LogP contribution in [0, 0.1) is 0 Å². The first-order chi connectivity index (χ1) is 28.3.